The molecule has 2 heterocycles. The molecule has 1 aliphatic rings. The Morgan fingerprint density at radius 2 is 1.79 bits per heavy atom. The summed E-state index contributed by atoms with van der Waals surface area (Å²) in [5, 5.41) is -0.327. The van der Waals surface area contributed by atoms with Crippen LogP contribution in [0.2, 0.25) is 0 Å². The van der Waals surface area contributed by atoms with Gasteiger partial charge >= 0.3 is 0 Å². The highest BCUT2D eigenvalue weighted by molar-refractivity contribution is 7.92. The van der Waals surface area contributed by atoms with E-state index in [0.717, 1.165) is 12.1 Å². The summed E-state index contributed by atoms with van der Waals surface area (Å²) in [6.45, 7) is -0.136. The molecule has 28 heavy (non-hydrogen) atoms. The van der Waals surface area contributed by atoms with Gasteiger partial charge in [0.15, 0.2) is 9.84 Å². The number of nitrogens with zero attached hydrogens (tertiary/aromatic N) is 3. The van der Waals surface area contributed by atoms with Gasteiger partial charge < -0.3 is 4.90 Å². The summed E-state index contributed by atoms with van der Waals surface area (Å²) in [6, 6.07) is 11.5. The van der Waals surface area contributed by atoms with Crippen LogP contribution in [0.3, 0.4) is 0 Å². The van der Waals surface area contributed by atoms with Gasteiger partial charge in [0.25, 0.3) is 5.56 Å². The second-order valence-corrected chi connectivity index (χ2v) is 8.84. The SMILES string of the molecule is O=C(Cn1cnc2ccccc2c1=O)N1CC(S(=O)(=O)c2ccc(F)cc2)C1. The molecule has 3 aromatic rings. The maximum Gasteiger partial charge on any atom is 0.261 e. The van der Waals surface area contributed by atoms with Crippen LogP contribution >= 0.6 is 0 Å². The smallest absolute Gasteiger partial charge is 0.261 e. The molecule has 0 unspecified atom stereocenters. The molecule has 0 N–H and O–H groups in total. The Morgan fingerprint density at radius 1 is 1.11 bits per heavy atom. The van der Waals surface area contributed by atoms with Crippen molar-refractivity contribution in [3.05, 3.63) is 71.0 Å². The van der Waals surface area contributed by atoms with Crippen LogP contribution in [-0.2, 0) is 21.2 Å². The zero-order valence-electron chi connectivity index (χ0n) is 14.7. The number of halogens is 1. The normalized spacial score (nSPS) is 14.8. The van der Waals surface area contributed by atoms with Crippen LogP contribution in [0, 0.1) is 5.82 Å². The number of hydrogen-bond acceptors (Lipinski definition) is 5. The summed E-state index contributed by atoms with van der Waals surface area (Å²) in [7, 11) is -3.64. The molecule has 7 nitrogen and oxygen atoms in total. The van der Waals surface area contributed by atoms with Crippen molar-refractivity contribution in [2.75, 3.05) is 13.1 Å². The summed E-state index contributed by atoms with van der Waals surface area (Å²) in [6.07, 6.45) is 1.31. The molecule has 144 valence electrons. The third-order valence-electron chi connectivity index (χ3n) is 4.82. The summed E-state index contributed by atoms with van der Waals surface area (Å²) in [4.78, 5) is 30.5. The molecular formula is C19H16FN3O4S. The van der Waals surface area contributed by atoms with Gasteiger partial charge in [0.05, 0.1) is 22.1 Å². The summed E-state index contributed by atoms with van der Waals surface area (Å²) in [5.74, 6) is -0.872. The molecule has 4 rings (SSSR count). The van der Waals surface area contributed by atoms with Gasteiger partial charge in [-0.1, -0.05) is 12.1 Å². The minimum Gasteiger partial charge on any atom is -0.338 e. The van der Waals surface area contributed by atoms with E-state index < -0.39 is 20.9 Å². The number of amides is 1. The van der Waals surface area contributed by atoms with Crippen molar-refractivity contribution in [3.8, 4) is 0 Å². The number of aromatic nitrogens is 2. The molecule has 1 aliphatic heterocycles. The van der Waals surface area contributed by atoms with E-state index in [4.69, 9.17) is 0 Å². The lowest BCUT2D eigenvalue weighted by molar-refractivity contribution is -0.135. The lowest BCUT2D eigenvalue weighted by Gasteiger charge is -2.38. The van der Waals surface area contributed by atoms with Crippen LogP contribution in [0.4, 0.5) is 4.39 Å². The molecule has 0 saturated carbocycles. The van der Waals surface area contributed by atoms with Crippen LogP contribution in [0.15, 0.2) is 64.5 Å². The molecule has 1 saturated heterocycles. The average Bonchev–Trinajstić information content (AvgIpc) is 2.63. The van der Waals surface area contributed by atoms with Crippen LogP contribution in [0.25, 0.3) is 10.9 Å². The first-order valence-electron chi connectivity index (χ1n) is 8.58. The minimum atomic E-state index is -3.64. The van der Waals surface area contributed by atoms with Crippen LogP contribution in [0.5, 0.6) is 0 Å². The Labute approximate surface area is 160 Å². The molecule has 0 bridgehead atoms. The van der Waals surface area contributed by atoms with Crippen molar-refractivity contribution in [3.63, 3.8) is 0 Å². The van der Waals surface area contributed by atoms with E-state index in [2.05, 4.69) is 4.98 Å². The van der Waals surface area contributed by atoms with Crippen molar-refractivity contribution < 1.29 is 17.6 Å². The average molecular weight is 401 g/mol. The van der Waals surface area contributed by atoms with Gasteiger partial charge in [-0.15, -0.1) is 0 Å². The number of fused-ring (bicyclic) bond motifs is 1. The summed E-state index contributed by atoms with van der Waals surface area (Å²) in [5.41, 5.74) is 0.223. The third kappa shape index (κ3) is 3.18. The molecule has 2 aromatic carbocycles. The van der Waals surface area contributed by atoms with Gasteiger partial charge in [-0.25, -0.2) is 17.8 Å². The van der Waals surface area contributed by atoms with Gasteiger partial charge in [0.1, 0.15) is 17.6 Å². The van der Waals surface area contributed by atoms with E-state index in [1.807, 2.05) is 0 Å². The number of sulfone groups is 1. The van der Waals surface area contributed by atoms with Crippen molar-refractivity contribution in [2.24, 2.45) is 0 Å². The van der Waals surface area contributed by atoms with E-state index in [1.165, 1.54) is 27.9 Å². The number of rotatable bonds is 4. The van der Waals surface area contributed by atoms with Crippen molar-refractivity contribution >= 4 is 26.6 Å². The fourth-order valence-corrected chi connectivity index (χ4v) is 4.77. The van der Waals surface area contributed by atoms with Gasteiger partial charge in [-0.3, -0.25) is 14.2 Å². The molecule has 0 radical (unpaired) electrons. The third-order valence-corrected chi connectivity index (χ3v) is 6.92. The highest BCUT2D eigenvalue weighted by atomic mass is 32.2. The first-order valence-corrected chi connectivity index (χ1v) is 10.1. The number of para-hydroxylation sites is 1. The fraction of sp³-hybridized carbons (Fsp3) is 0.211. The number of carbonyl (C=O) groups excluding carboxylic acids is 1. The minimum absolute atomic E-state index is 0.0287. The monoisotopic (exact) mass is 401 g/mol. The number of hydrogen-bond donors (Lipinski definition) is 0. The molecule has 1 amide bonds. The maximum absolute atomic E-state index is 13.0. The first kappa shape index (κ1) is 18.3. The first-order chi connectivity index (χ1) is 13.4. The van der Waals surface area contributed by atoms with E-state index in [-0.39, 0.29) is 36.0 Å². The Kier molecular flexibility index (Phi) is 4.46. The Balaban J connectivity index is 1.45. The summed E-state index contributed by atoms with van der Waals surface area (Å²) < 4.78 is 39.3. The van der Waals surface area contributed by atoms with Gasteiger partial charge in [-0.05, 0) is 36.4 Å². The Hall–Kier alpha value is -3.07. The van der Waals surface area contributed by atoms with Gasteiger partial charge in [0, 0.05) is 13.1 Å². The predicted octanol–water partition coefficient (Wildman–Crippen LogP) is 1.22. The standard InChI is InChI=1S/C19H16FN3O4S/c20-13-5-7-14(8-6-13)28(26,27)15-9-22(10-15)18(24)11-23-12-21-17-4-2-1-3-16(17)19(23)25/h1-8,12,15H,9-11H2. The highest BCUT2D eigenvalue weighted by Crippen LogP contribution is 2.24. The summed E-state index contributed by atoms with van der Waals surface area (Å²) >= 11 is 0. The largest absolute Gasteiger partial charge is 0.338 e. The second kappa shape index (κ2) is 6.83. The quantitative estimate of drug-likeness (QED) is 0.614. The highest BCUT2D eigenvalue weighted by Gasteiger charge is 2.40. The van der Waals surface area contributed by atoms with Crippen LogP contribution < -0.4 is 5.56 Å². The predicted molar refractivity (Wildman–Crippen MR) is 100.0 cm³/mol. The molecule has 9 heteroatoms. The van der Waals surface area contributed by atoms with Crippen LogP contribution in [-0.4, -0.2) is 47.1 Å². The number of likely N-dealkylation sites (tertiary alicyclic amines) is 1. The Bertz CT molecular complexity index is 1220. The fourth-order valence-electron chi connectivity index (χ4n) is 3.12. The molecule has 1 aromatic heterocycles. The van der Waals surface area contributed by atoms with Gasteiger partial charge in [-0.2, -0.15) is 0 Å². The van der Waals surface area contributed by atoms with Crippen molar-refractivity contribution in [1.29, 1.82) is 0 Å². The second-order valence-electron chi connectivity index (χ2n) is 6.61. The number of carbonyl (C=O) groups is 1. The topological polar surface area (TPSA) is 89.3 Å². The molecule has 0 spiro atoms. The zero-order valence-corrected chi connectivity index (χ0v) is 15.5. The number of benzene rings is 2. The molecule has 0 aliphatic carbocycles. The molecule has 0 atom stereocenters. The van der Waals surface area contributed by atoms with E-state index in [9.17, 15) is 22.4 Å². The van der Waals surface area contributed by atoms with E-state index >= 15 is 0 Å². The zero-order chi connectivity index (χ0) is 19.9. The van der Waals surface area contributed by atoms with Crippen LogP contribution in [0.1, 0.15) is 0 Å². The van der Waals surface area contributed by atoms with Crippen molar-refractivity contribution in [2.45, 2.75) is 16.7 Å². The van der Waals surface area contributed by atoms with Gasteiger partial charge in [0.2, 0.25) is 5.91 Å². The molecular weight excluding hydrogens is 385 g/mol. The Morgan fingerprint density at radius 3 is 2.50 bits per heavy atom. The maximum atomic E-state index is 13.0. The van der Waals surface area contributed by atoms with Crippen molar-refractivity contribution in [1.82, 2.24) is 14.5 Å². The lowest BCUT2D eigenvalue weighted by atomic mass is 10.2. The van der Waals surface area contributed by atoms with E-state index in [0.29, 0.717) is 10.9 Å². The van der Waals surface area contributed by atoms with E-state index in [1.54, 1.807) is 24.3 Å². The molecule has 1 fully saturated rings. The lowest BCUT2D eigenvalue weighted by Crippen LogP contribution is -2.57.